The summed E-state index contributed by atoms with van der Waals surface area (Å²) in [5, 5.41) is 0. The van der Waals surface area contributed by atoms with Crippen molar-refractivity contribution in [2.75, 3.05) is 13.2 Å². The third kappa shape index (κ3) is 26.1. The summed E-state index contributed by atoms with van der Waals surface area (Å²) in [6, 6.07) is 0. The Bertz CT molecular complexity index is 225. The molecule has 2 nitrogen and oxygen atoms in total. The van der Waals surface area contributed by atoms with Crippen molar-refractivity contribution in [3.05, 3.63) is 0 Å². The monoisotopic (exact) mass is 398 g/mol. The summed E-state index contributed by atoms with van der Waals surface area (Å²) in [6.45, 7) is 6.33. The van der Waals surface area contributed by atoms with Crippen molar-refractivity contribution in [3.8, 4) is 0 Å². The predicted molar refractivity (Wildman–Crippen MR) is 121 cm³/mol. The molecule has 0 rings (SSSR count). The lowest BCUT2D eigenvalue weighted by molar-refractivity contribution is 0.213. The average Bonchev–Trinajstić information content (AvgIpc) is 2.68. The van der Waals surface area contributed by atoms with Gasteiger partial charge in [0.25, 0.3) is 0 Å². The lowest BCUT2D eigenvalue weighted by atomic mass is 10.1. The largest absolute Gasteiger partial charge is 0.433 e. The lowest BCUT2D eigenvalue weighted by Crippen LogP contribution is -2.07. The van der Waals surface area contributed by atoms with Crippen molar-refractivity contribution < 1.29 is 8.85 Å². The van der Waals surface area contributed by atoms with Gasteiger partial charge in [0.05, 0.1) is 0 Å². The van der Waals surface area contributed by atoms with E-state index in [-0.39, 0.29) is 10.0 Å². The zero-order valence-electron chi connectivity index (χ0n) is 18.9. The molecule has 0 spiro atoms. The molecule has 0 fully saturated rings. The first-order valence-corrected chi connectivity index (χ1v) is 13.2. The molecular weight excluding hydrogens is 348 g/mol. The fraction of sp³-hybridized carbons (Fsp3) is 1.00. The molecule has 0 aromatic rings. The first kappa shape index (κ1) is 27.1. The van der Waals surface area contributed by atoms with Gasteiger partial charge in [0, 0.05) is 13.2 Å². The van der Waals surface area contributed by atoms with Crippen LogP contribution in [0.3, 0.4) is 0 Å². The molecule has 0 heterocycles. The van der Waals surface area contributed by atoms with Gasteiger partial charge in [-0.2, -0.15) is 0 Å². The first-order chi connectivity index (χ1) is 13.4. The summed E-state index contributed by atoms with van der Waals surface area (Å²) in [5.74, 6) is 0. The second-order valence-electron chi connectivity index (χ2n) is 8.14. The average molecular weight is 399 g/mol. The van der Waals surface area contributed by atoms with Crippen LogP contribution in [0.15, 0.2) is 0 Å². The Morgan fingerprint density at radius 2 is 0.630 bits per heavy atom. The number of unbranched alkanes of at least 4 members (excludes halogenated alkanes) is 18. The molecule has 0 aromatic carbocycles. The number of hydrogen-bond acceptors (Lipinski definition) is 2. The van der Waals surface area contributed by atoms with Gasteiger partial charge in [-0.05, 0) is 12.8 Å². The van der Waals surface area contributed by atoms with Crippen LogP contribution in [0, 0.1) is 0 Å². The molecule has 0 saturated carbocycles. The molecule has 27 heavy (non-hydrogen) atoms. The highest BCUT2D eigenvalue weighted by Gasteiger charge is 1.97. The van der Waals surface area contributed by atoms with Gasteiger partial charge < -0.3 is 8.85 Å². The minimum atomic E-state index is 0.256. The summed E-state index contributed by atoms with van der Waals surface area (Å²) in [5.41, 5.74) is 0. The molecule has 0 unspecified atom stereocenters. The van der Waals surface area contributed by atoms with Gasteiger partial charge in [0.15, 0.2) is 0 Å². The van der Waals surface area contributed by atoms with Crippen molar-refractivity contribution in [1.82, 2.24) is 0 Å². The van der Waals surface area contributed by atoms with Crippen LogP contribution in [0.4, 0.5) is 0 Å². The zero-order valence-corrected chi connectivity index (χ0v) is 19.9. The van der Waals surface area contributed by atoms with Crippen LogP contribution in [0.5, 0.6) is 0 Å². The maximum absolute atomic E-state index is 5.60. The normalized spacial score (nSPS) is 11.3. The number of hydrogen-bond donors (Lipinski definition) is 0. The molecule has 0 atom stereocenters. The van der Waals surface area contributed by atoms with E-state index in [1.807, 2.05) is 0 Å². The molecule has 0 aliphatic carbocycles. The third-order valence-electron chi connectivity index (χ3n) is 5.32. The third-order valence-corrected chi connectivity index (χ3v) is 5.96. The van der Waals surface area contributed by atoms with Gasteiger partial charge in [-0.1, -0.05) is 129 Å². The molecule has 162 valence electrons. The highest BCUT2D eigenvalue weighted by atomic mass is 28.3. The predicted octanol–water partition coefficient (Wildman–Crippen LogP) is 8.40. The van der Waals surface area contributed by atoms with Gasteiger partial charge in [0.1, 0.15) is 0 Å². The molecule has 0 aliphatic heterocycles. The zero-order chi connectivity index (χ0) is 19.7. The number of rotatable bonds is 24. The highest BCUT2D eigenvalue weighted by Crippen LogP contribution is 2.11. The Hall–Kier alpha value is 0.137. The maximum Gasteiger partial charge on any atom is 0.433 e. The van der Waals surface area contributed by atoms with Gasteiger partial charge in [-0.3, -0.25) is 0 Å². The van der Waals surface area contributed by atoms with E-state index in [4.69, 9.17) is 8.85 Å². The molecule has 0 aromatic heterocycles. The Morgan fingerprint density at radius 3 is 0.926 bits per heavy atom. The van der Waals surface area contributed by atoms with Crippen molar-refractivity contribution >= 4 is 10.0 Å². The van der Waals surface area contributed by atoms with Gasteiger partial charge in [-0.25, -0.2) is 0 Å². The van der Waals surface area contributed by atoms with Crippen LogP contribution < -0.4 is 0 Å². The summed E-state index contributed by atoms with van der Waals surface area (Å²) < 4.78 is 11.2. The lowest BCUT2D eigenvalue weighted by Gasteiger charge is -2.05. The minimum Gasteiger partial charge on any atom is -0.393 e. The van der Waals surface area contributed by atoms with Crippen LogP contribution >= 0.6 is 0 Å². The summed E-state index contributed by atoms with van der Waals surface area (Å²) in [4.78, 5) is 0. The van der Waals surface area contributed by atoms with Gasteiger partial charge >= 0.3 is 10.0 Å². The Kier molecular flexibility index (Phi) is 26.3. The summed E-state index contributed by atoms with van der Waals surface area (Å²) in [7, 11) is 0.256. The molecular formula is C24H50O2Si. The topological polar surface area (TPSA) is 18.5 Å². The van der Waals surface area contributed by atoms with E-state index in [0.29, 0.717) is 0 Å². The molecule has 0 aliphatic rings. The van der Waals surface area contributed by atoms with E-state index < -0.39 is 0 Å². The van der Waals surface area contributed by atoms with Crippen molar-refractivity contribution in [1.29, 1.82) is 0 Å². The second kappa shape index (κ2) is 26.1. The fourth-order valence-electron chi connectivity index (χ4n) is 3.45. The van der Waals surface area contributed by atoms with Gasteiger partial charge in [0.2, 0.25) is 0 Å². The van der Waals surface area contributed by atoms with E-state index in [0.717, 1.165) is 13.2 Å². The quantitative estimate of drug-likeness (QED) is 0.120. The fourth-order valence-corrected chi connectivity index (χ4v) is 3.99. The Labute approximate surface area is 174 Å². The van der Waals surface area contributed by atoms with Crippen molar-refractivity contribution in [3.63, 3.8) is 0 Å². The van der Waals surface area contributed by atoms with E-state index in [2.05, 4.69) is 13.8 Å². The van der Waals surface area contributed by atoms with Crippen LogP contribution in [-0.2, 0) is 8.85 Å². The SMILES string of the molecule is CCCCCCCCCCCCO[Si]OCCCCCCCCCCCC. The summed E-state index contributed by atoms with van der Waals surface area (Å²) in [6.07, 6.45) is 27.6. The molecule has 3 heteroatoms. The molecule has 0 N–H and O–H groups in total. The van der Waals surface area contributed by atoms with Gasteiger partial charge in [-0.15, -0.1) is 0 Å². The summed E-state index contributed by atoms with van der Waals surface area (Å²) >= 11 is 0. The van der Waals surface area contributed by atoms with E-state index >= 15 is 0 Å². The van der Waals surface area contributed by atoms with Crippen LogP contribution in [0.2, 0.25) is 0 Å². The van der Waals surface area contributed by atoms with Crippen LogP contribution in [0.1, 0.15) is 142 Å². The van der Waals surface area contributed by atoms with Crippen LogP contribution in [-0.4, -0.2) is 23.2 Å². The second-order valence-corrected chi connectivity index (χ2v) is 8.89. The first-order valence-electron chi connectivity index (χ1n) is 12.4. The van der Waals surface area contributed by atoms with Crippen LogP contribution in [0.25, 0.3) is 0 Å². The smallest absolute Gasteiger partial charge is 0.393 e. The van der Waals surface area contributed by atoms with Crippen molar-refractivity contribution in [2.24, 2.45) is 0 Å². The molecule has 0 bridgehead atoms. The van der Waals surface area contributed by atoms with Crippen molar-refractivity contribution in [2.45, 2.75) is 142 Å². The van der Waals surface area contributed by atoms with E-state index in [1.165, 1.54) is 128 Å². The Morgan fingerprint density at radius 1 is 0.370 bits per heavy atom. The van der Waals surface area contributed by atoms with E-state index in [9.17, 15) is 0 Å². The molecule has 0 saturated heterocycles. The maximum atomic E-state index is 5.60. The highest BCUT2D eigenvalue weighted by molar-refractivity contribution is 6.17. The molecule has 2 radical (unpaired) electrons. The minimum absolute atomic E-state index is 0.256. The van der Waals surface area contributed by atoms with E-state index in [1.54, 1.807) is 0 Å². The Balaban J connectivity index is 2.95. The standard InChI is InChI=1S/C24H50O2Si/c1-3-5-7-9-11-13-15-17-19-21-23-25-27-26-24-22-20-18-16-14-12-10-8-6-4-2/h3-24H2,1-2H3. The molecule has 0 amide bonds.